The van der Waals surface area contributed by atoms with E-state index in [1.807, 2.05) is 36.4 Å². The SMILES string of the molecule is C=CC(C=C)C(Nc1ccccc1)c1ccccc1. The Labute approximate surface area is 115 Å². The van der Waals surface area contributed by atoms with Crippen molar-refractivity contribution < 1.29 is 0 Å². The molecule has 96 valence electrons. The first kappa shape index (κ1) is 13.2. The molecular weight excluding hydrogens is 230 g/mol. The van der Waals surface area contributed by atoms with Gasteiger partial charge in [0.15, 0.2) is 0 Å². The van der Waals surface area contributed by atoms with Gasteiger partial charge in [-0.1, -0.05) is 60.7 Å². The zero-order valence-corrected chi connectivity index (χ0v) is 11.0. The molecule has 0 amide bonds. The fourth-order valence-electron chi connectivity index (χ4n) is 2.14. The molecule has 0 bridgehead atoms. The van der Waals surface area contributed by atoms with Crippen LogP contribution in [-0.4, -0.2) is 0 Å². The summed E-state index contributed by atoms with van der Waals surface area (Å²) in [5, 5.41) is 3.55. The highest BCUT2D eigenvalue weighted by Gasteiger charge is 2.17. The van der Waals surface area contributed by atoms with Crippen molar-refractivity contribution in [1.82, 2.24) is 0 Å². The van der Waals surface area contributed by atoms with Gasteiger partial charge in [-0.05, 0) is 17.7 Å². The van der Waals surface area contributed by atoms with Crippen LogP contribution in [0.25, 0.3) is 0 Å². The maximum absolute atomic E-state index is 3.91. The van der Waals surface area contributed by atoms with Crippen LogP contribution < -0.4 is 5.32 Å². The minimum atomic E-state index is 0.151. The first-order chi connectivity index (χ1) is 9.35. The zero-order valence-electron chi connectivity index (χ0n) is 11.0. The van der Waals surface area contributed by atoms with Crippen LogP contribution in [0.4, 0.5) is 5.69 Å². The molecule has 0 saturated heterocycles. The molecule has 0 radical (unpaired) electrons. The minimum Gasteiger partial charge on any atom is -0.377 e. The molecule has 0 fully saturated rings. The summed E-state index contributed by atoms with van der Waals surface area (Å²) in [7, 11) is 0. The summed E-state index contributed by atoms with van der Waals surface area (Å²) >= 11 is 0. The van der Waals surface area contributed by atoms with Crippen molar-refractivity contribution in [2.45, 2.75) is 6.04 Å². The number of nitrogens with one attached hydrogen (secondary N) is 1. The summed E-state index contributed by atoms with van der Waals surface area (Å²) in [5.74, 6) is 0.183. The van der Waals surface area contributed by atoms with Crippen molar-refractivity contribution in [1.29, 1.82) is 0 Å². The molecule has 1 atom stereocenters. The molecule has 0 aliphatic rings. The van der Waals surface area contributed by atoms with Gasteiger partial charge in [0.1, 0.15) is 0 Å². The Morgan fingerprint density at radius 3 is 1.84 bits per heavy atom. The predicted octanol–water partition coefficient (Wildman–Crippen LogP) is 4.83. The fourth-order valence-corrected chi connectivity index (χ4v) is 2.14. The molecule has 0 aromatic heterocycles. The lowest BCUT2D eigenvalue weighted by Gasteiger charge is -2.25. The molecule has 2 rings (SSSR count). The Hall–Kier alpha value is -2.28. The van der Waals surface area contributed by atoms with Crippen LogP contribution in [0.5, 0.6) is 0 Å². The Kier molecular flexibility index (Phi) is 4.57. The van der Waals surface area contributed by atoms with E-state index in [0.717, 1.165) is 5.69 Å². The monoisotopic (exact) mass is 249 g/mol. The van der Waals surface area contributed by atoms with Crippen LogP contribution in [-0.2, 0) is 0 Å². The van der Waals surface area contributed by atoms with E-state index in [2.05, 4.69) is 54.9 Å². The van der Waals surface area contributed by atoms with E-state index in [4.69, 9.17) is 0 Å². The highest BCUT2D eigenvalue weighted by Crippen LogP contribution is 2.28. The molecule has 0 heterocycles. The number of para-hydroxylation sites is 1. The number of rotatable bonds is 6. The van der Waals surface area contributed by atoms with Gasteiger partial charge in [-0.15, -0.1) is 13.2 Å². The van der Waals surface area contributed by atoms with Crippen LogP contribution in [0.3, 0.4) is 0 Å². The zero-order chi connectivity index (χ0) is 13.5. The lowest BCUT2D eigenvalue weighted by molar-refractivity contribution is 0.664. The van der Waals surface area contributed by atoms with E-state index in [0.29, 0.717) is 0 Å². The van der Waals surface area contributed by atoms with Crippen molar-refractivity contribution in [3.63, 3.8) is 0 Å². The van der Waals surface area contributed by atoms with E-state index >= 15 is 0 Å². The Morgan fingerprint density at radius 2 is 1.32 bits per heavy atom. The van der Waals surface area contributed by atoms with Gasteiger partial charge in [-0.25, -0.2) is 0 Å². The predicted molar refractivity (Wildman–Crippen MR) is 83.1 cm³/mol. The van der Waals surface area contributed by atoms with Crippen LogP contribution in [0.15, 0.2) is 86.0 Å². The van der Waals surface area contributed by atoms with E-state index < -0.39 is 0 Å². The first-order valence-electron chi connectivity index (χ1n) is 6.47. The molecule has 1 heteroatoms. The minimum absolute atomic E-state index is 0.151. The second kappa shape index (κ2) is 6.60. The van der Waals surface area contributed by atoms with Crippen LogP contribution >= 0.6 is 0 Å². The number of anilines is 1. The molecule has 2 aromatic rings. The third-order valence-corrected chi connectivity index (χ3v) is 3.18. The van der Waals surface area contributed by atoms with Gasteiger partial charge in [0.05, 0.1) is 6.04 Å². The van der Waals surface area contributed by atoms with E-state index in [1.54, 1.807) is 0 Å². The normalized spacial score (nSPS) is 11.8. The molecule has 0 aliphatic heterocycles. The molecule has 1 nitrogen and oxygen atoms in total. The van der Waals surface area contributed by atoms with Gasteiger partial charge in [0, 0.05) is 11.6 Å². The average molecular weight is 249 g/mol. The summed E-state index contributed by atoms with van der Waals surface area (Å²) in [6.45, 7) is 7.82. The van der Waals surface area contributed by atoms with Crippen LogP contribution in [0.2, 0.25) is 0 Å². The third kappa shape index (κ3) is 3.35. The summed E-state index contributed by atoms with van der Waals surface area (Å²) in [6.07, 6.45) is 3.86. The Bertz CT molecular complexity index is 508. The van der Waals surface area contributed by atoms with Crippen molar-refractivity contribution >= 4 is 5.69 Å². The number of benzene rings is 2. The lowest BCUT2D eigenvalue weighted by Crippen LogP contribution is -2.18. The second-order valence-corrected chi connectivity index (χ2v) is 4.45. The van der Waals surface area contributed by atoms with Crippen molar-refractivity contribution in [3.8, 4) is 0 Å². The smallest absolute Gasteiger partial charge is 0.0610 e. The Balaban J connectivity index is 2.29. The molecule has 19 heavy (non-hydrogen) atoms. The maximum Gasteiger partial charge on any atom is 0.0610 e. The highest BCUT2D eigenvalue weighted by atomic mass is 14.9. The highest BCUT2D eigenvalue weighted by molar-refractivity contribution is 5.46. The van der Waals surface area contributed by atoms with Gasteiger partial charge in [-0.2, -0.15) is 0 Å². The summed E-state index contributed by atoms with van der Waals surface area (Å²) < 4.78 is 0. The molecule has 1 N–H and O–H groups in total. The second-order valence-electron chi connectivity index (χ2n) is 4.45. The van der Waals surface area contributed by atoms with Crippen molar-refractivity contribution in [3.05, 3.63) is 91.5 Å². The van der Waals surface area contributed by atoms with Crippen molar-refractivity contribution in [2.75, 3.05) is 5.32 Å². The molecule has 1 unspecified atom stereocenters. The lowest BCUT2D eigenvalue weighted by atomic mass is 9.92. The van der Waals surface area contributed by atoms with Gasteiger partial charge < -0.3 is 5.32 Å². The molecule has 0 saturated carbocycles. The van der Waals surface area contributed by atoms with Gasteiger partial charge in [0.25, 0.3) is 0 Å². The van der Waals surface area contributed by atoms with Gasteiger partial charge >= 0.3 is 0 Å². The molecule has 0 spiro atoms. The Morgan fingerprint density at radius 1 is 0.789 bits per heavy atom. The summed E-state index contributed by atoms with van der Waals surface area (Å²) in [5.41, 5.74) is 2.33. The number of hydrogen-bond donors (Lipinski definition) is 1. The molecular formula is C18H19N. The average Bonchev–Trinajstić information content (AvgIpc) is 2.49. The van der Waals surface area contributed by atoms with Gasteiger partial charge in [0.2, 0.25) is 0 Å². The third-order valence-electron chi connectivity index (χ3n) is 3.18. The van der Waals surface area contributed by atoms with Gasteiger partial charge in [-0.3, -0.25) is 0 Å². The van der Waals surface area contributed by atoms with E-state index in [-0.39, 0.29) is 12.0 Å². The summed E-state index contributed by atoms with van der Waals surface area (Å²) in [4.78, 5) is 0. The molecule has 0 aliphatic carbocycles. The quantitative estimate of drug-likeness (QED) is 0.723. The van der Waals surface area contributed by atoms with Crippen LogP contribution in [0, 0.1) is 5.92 Å². The van der Waals surface area contributed by atoms with Crippen molar-refractivity contribution in [2.24, 2.45) is 5.92 Å². The molecule has 2 aromatic carbocycles. The van der Waals surface area contributed by atoms with E-state index in [9.17, 15) is 0 Å². The first-order valence-corrected chi connectivity index (χ1v) is 6.47. The number of hydrogen-bond acceptors (Lipinski definition) is 1. The largest absolute Gasteiger partial charge is 0.377 e. The summed E-state index contributed by atoms with van der Waals surface area (Å²) in [6, 6.07) is 20.7. The van der Waals surface area contributed by atoms with E-state index in [1.165, 1.54) is 5.56 Å². The fraction of sp³-hybridized carbons (Fsp3) is 0.111. The maximum atomic E-state index is 3.91. The standard InChI is InChI=1S/C18H19N/c1-3-15(4-2)18(16-11-7-5-8-12-16)19-17-13-9-6-10-14-17/h3-15,18-19H,1-2H2. The topological polar surface area (TPSA) is 12.0 Å². The van der Waals surface area contributed by atoms with Crippen LogP contribution in [0.1, 0.15) is 11.6 Å².